The van der Waals surface area contributed by atoms with E-state index in [0.29, 0.717) is 24.1 Å². The predicted octanol–water partition coefficient (Wildman–Crippen LogP) is 3.04. The Hall–Kier alpha value is -1.19. The minimum Gasteiger partial charge on any atom is -0.417 e. The molecule has 0 spiro atoms. The molecule has 124 valence electrons. The van der Waals surface area contributed by atoms with Gasteiger partial charge in [0, 0.05) is 18.3 Å². The number of ether oxygens (including phenoxy) is 1. The molecule has 0 bridgehead atoms. The molecule has 1 aliphatic rings. The summed E-state index contributed by atoms with van der Waals surface area (Å²) in [5, 5.41) is 3.20. The summed E-state index contributed by atoms with van der Waals surface area (Å²) in [4.78, 5) is 7.92. The van der Waals surface area contributed by atoms with E-state index in [2.05, 4.69) is 20.0 Å². The fourth-order valence-electron chi connectivity index (χ4n) is 2.38. The number of guanidine groups is 1. The molecular formula is C14H21F2IN4O. The number of pyridine rings is 1. The van der Waals surface area contributed by atoms with E-state index in [0.717, 1.165) is 12.8 Å². The van der Waals surface area contributed by atoms with Gasteiger partial charge in [-0.15, -0.1) is 24.0 Å². The maximum atomic E-state index is 12.1. The lowest BCUT2D eigenvalue weighted by Gasteiger charge is -2.23. The fourth-order valence-corrected chi connectivity index (χ4v) is 2.38. The first-order chi connectivity index (χ1) is 10.1. The molecule has 0 unspecified atom stereocenters. The molecule has 8 heteroatoms. The average Bonchev–Trinajstić information content (AvgIpc) is 2.46. The van der Waals surface area contributed by atoms with E-state index < -0.39 is 6.61 Å². The second-order valence-corrected chi connectivity index (χ2v) is 5.06. The van der Waals surface area contributed by atoms with Crippen LogP contribution in [0.2, 0.25) is 0 Å². The van der Waals surface area contributed by atoms with Crippen LogP contribution in [-0.2, 0) is 6.54 Å². The van der Waals surface area contributed by atoms with Crippen molar-refractivity contribution in [2.45, 2.75) is 51.3 Å². The summed E-state index contributed by atoms with van der Waals surface area (Å²) in [6.07, 6.45) is 7.33. The fraction of sp³-hybridized carbons (Fsp3) is 0.571. The number of halogens is 3. The Morgan fingerprint density at radius 3 is 2.82 bits per heavy atom. The summed E-state index contributed by atoms with van der Waals surface area (Å²) >= 11 is 0. The molecule has 0 aliphatic heterocycles. The Balaban J connectivity index is 0.00000242. The zero-order valence-corrected chi connectivity index (χ0v) is 14.5. The standard InChI is InChI=1S/C14H20F2N4O.HI/c15-13(16)21-12-8-10(6-7-18-12)9-19-14(17)20-11-4-2-1-3-5-11;/h6-8,11,13H,1-5,9H2,(H3,17,19,20);1H. The Bertz CT molecular complexity index is 482. The van der Waals surface area contributed by atoms with Gasteiger partial charge in [-0.05, 0) is 24.5 Å². The second-order valence-electron chi connectivity index (χ2n) is 5.06. The number of aromatic nitrogens is 1. The number of nitrogens with one attached hydrogen (secondary N) is 1. The number of nitrogens with two attached hydrogens (primary N) is 1. The molecule has 0 saturated heterocycles. The van der Waals surface area contributed by atoms with E-state index >= 15 is 0 Å². The maximum Gasteiger partial charge on any atom is 0.388 e. The molecule has 1 aromatic rings. The van der Waals surface area contributed by atoms with Crippen LogP contribution in [0.4, 0.5) is 8.78 Å². The number of rotatable bonds is 5. The van der Waals surface area contributed by atoms with Crippen molar-refractivity contribution < 1.29 is 13.5 Å². The number of hydrogen-bond acceptors (Lipinski definition) is 3. The molecule has 1 aromatic heterocycles. The van der Waals surface area contributed by atoms with Gasteiger partial charge in [0.1, 0.15) is 0 Å². The van der Waals surface area contributed by atoms with Gasteiger partial charge < -0.3 is 15.8 Å². The molecule has 3 N–H and O–H groups in total. The average molecular weight is 426 g/mol. The number of hydrogen-bond donors (Lipinski definition) is 2. The summed E-state index contributed by atoms with van der Waals surface area (Å²) in [6, 6.07) is 3.51. The van der Waals surface area contributed by atoms with Gasteiger partial charge in [0.25, 0.3) is 0 Å². The van der Waals surface area contributed by atoms with Crippen LogP contribution in [0.15, 0.2) is 23.3 Å². The van der Waals surface area contributed by atoms with Crippen molar-refractivity contribution in [3.8, 4) is 5.88 Å². The van der Waals surface area contributed by atoms with Crippen molar-refractivity contribution in [1.82, 2.24) is 10.3 Å². The lowest BCUT2D eigenvalue weighted by atomic mass is 9.96. The summed E-state index contributed by atoms with van der Waals surface area (Å²) in [6.45, 7) is -2.58. The van der Waals surface area contributed by atoms with E-state index in [1.54, 1.807) is 6.07 Å². The first-order valence-corrected chi connectivity index (χ1v) is 7.09. The van der Waals surface area contributed by atoms with E-state index in [1.165, 1.54) is 31.5 Å². The highest BCUT2D eigenvalue weighted by atomic mass is 127. The molecule has 1 aliphatic carbocycles. The van der Waals surface area contributed by atoms with Gasteiger partial charge in [-0.2, -0.15) is 8.78 Å². The molecule has 0 aromatic carbocycles. The summed E-state index contributed by atoms with van der Waals surface area (Å²) < 4.78 is 28.5. The SMILES string of the molecule is I.NC(=NCc1ccnc(OC(F)F)c1)NC1CCCCC1. The van der Waals surface area contributed by atoms with Crippen LogP contribution >= 0.6 is 24.0 Å². The van der Waals surface area contributed by atoms with Gasteiger partial charge in [-0.3, -0.25) is 0 Å². The topological polar surface area (TPSA) is 72.5 Å². The summed E-state index contributed by atoms with van der Waals surface area (Å²) in [5.74, 6) is 0.270. The Morgan fingerprint density at radius 2 is 2.14 bits per heavy atom. The lowest BCUT2D eigenvalue weighted by Crippen LogP contribution is -2.41. The highest BCUT2D eigenvalue weighted by Gasteiger charge is 2.13. The third kappa shape index (κ3) is 6.71. The maximum absolute atomic E-state index is 12.1. The number of aliphatic imine (C=N–C) groups is 1. The van der Waals surface area contributed by atoms with Crippen molar-refractivity contribution in [2.75, 3.05) is 0 Å². The zero-order valence-electron chi connectivity index (χ0n) is 12.2. The lowest BCUT2D eigenvalue weighted by molar-refractivity contribution is -0.0528. The van der Waals surface area contributed by atoms with E-state index in [-0.39, 0.29) is 29.9 Å². The highest BCUT2D eigenvalue weighted by molar-refractivity contribution is 14.0. The minimum atomic E-state index is -2.88. The largest absolute Gasteiger partial charge is 0.417 e. The predicted molar refractivity (Wildman–Crippen MR) is 91.6 cm³/mol. The molecule has 5 nitrogen and oxygen atoms in total. The van der Waals surface area contributed by atoms with Crippen LogP contribution < -0.4 is 15.8 Å². The van der Waals surface area contributed by atoms with E-state index in [1.807, 2.05) is 0 Å². The van der Waals surface area contributed by atoms with Gasteiger partial charge in [0.2, 0.25) is 5.88 Å². The molecule has 1 fully saturated rings. The minimum absolute atomic E-state index is 0. The highest BCUT2D eigenvalue weighted by Crippen LogP contribution is 2.17. The van der Waals surface area contributed by atoms with Crippen LogP contribution in [0, 0.1) is 0 Å². The molecule has 22 heavy (non-hydrogen) atoms. The van der Waals surface area contributed by atoms with Crippen LogP contribution in [0.25, 0.3) is 0 Å². The van der Waals surface area contributed by atoms with Crippen molar-refractivity contribution >= 4 is 29.9 Å². The molecule has 1 saturated carbocycles. The van der Waals surface area contributed by atoms with Crippen LogP contribution in [0.5, 0.6) is 5.88 Å². The first kappa shape index (κ1) is 18.9. The van der Waals surface area contributed by atoms with Crippen LogP contribution in [-0.4, -0.2) is 23.6 Å². The van der Waals surface area contributed by atoms with Crippen molar-refractivity contribution in [3.63, 3.8) is 0 Å². The Kier molecular flexibility index (Phi) is 8.36. The molecule has 0 radical (unpaired) electrons. The summed E-state index contributed by atoms with van der Waals surface area (Å²) in [5.41, 5.74) is 6.56. The van der Waals surface area contributed by atoms with Gasteiger partial charge in [-0.1, -0.05) is 19.3 Å². The third-order valence-electron chi connectivity index (χ3n) is 3.40. The monoisotopic (exact) mass is 426 g/mol. The quantitative estimate of drug-likeness (QED) is 0.432. The number of nitrogens with zero attached hydrogens (tertiary/aromatic N) is 2. The molecule has 0 atom stereocenters. The summed E-state index contributed by atoms with van der Waals surface area (Å²) in [7, 11) is 0. The van der Waals surface area contributed by atoms with Crippen LogP contribution in [0.3, 0.4) is 0 Å². The van der Waals surface area contributed by atoms with Gasteiger partial charge >= 0.3 is 6.61 Å². The van der Waals surface area contributed by atoms with E-state index in [4.69, 9.17) is 5.73 Å². The van der Waals surface area contributed by atoms with E-state index in [9.17, 15) is 8.78 Å². The van der Waals surface area contributed by atoms with Crippen molar-refractivity contribution in [2.24, 2.45) is 10.7 Å². The van der Waals surface area contributed by atoms with Gasteiger partial charge in [0.05, 0.1) is 6.54 Å². The second kappa shape index (κ2) is 9.75. The zero-order chi connectivity index (χ0) is 15.1. The molecule has 2 rings (SSSR count). The smallest absolute Gasteiger partial charge is 0.388 e. The van der Waals surface area contributed by atoms with Gasteiger partial charge in [0.15, 0.2) is 5.96 Å². The van der Waals surface area contributed by atoms with Crippen molar-refractivity contribution in [1.29, 1.82) is 0 Å². The first-order valence-electron chi connectivity index (χ1n) is 7.09. The Labute approximate surface area is 145 Å². The molecular weight excluding hydrogens is 405 g/mol. The molecule has 0 amide bonds. The third-order valence-corrected chi connectivity index (χ3v) is 3.40. The Morgan fingerprint density at radius 1 is 1.41 bits per heavy atom. The molecule has 1 heterocycles. The van der Waals surface area contributed by atoms with Gasteiger partial charge in [-0.25, -0.2) is 9.98 Å². The normalized spacial score (nSPS) is 16.2. The van der Waals surface area contributed by atoms with Crippen molar-refractivity contribution in [3.05, 3.63) is 23.9 Å². The number of alkyl halides is 2. The van der Waals surface area contributed by atoms with Crippen LogP contribution in [0.1, 0.15) is 37.7 Å².